The fourth-order valence-corrected chi connectivity index (χ4v) is 3.30. The lowest BCUT2D eigenvalue weighted by Crippen LogP contribution is -2.17. The van der Waals surface area contributed by atoms with E-state index < -0.39 is 11.1 Å². The fraction of sp³-hybridized carbons (Fsp3) is 0.0526. The highest BCUT2D eigenvalue weighted by Gasteiger charge is 2.25. The van der Waals surface area contributed by atoms with Crippen molar-refractivity contribution in [1.82, 2.24) is 10.3 Å². The van der Waals surface area contributed by atoms with Gasteiger partial charge in [0.05, 0.1) is 12.0 Å². The zero-order valence-corrected chi connectivity index (χ0v) is 15.3. The Kier molecular flexibility index (Phi) is 4.58. The Balaban J connectivity index is 1.63. The van der Waals surface area contributed by atoms with Crippen molar-refractivity contribution in [2.45, 2.75) is 0 Å². The van der Waals surface area contributed by atoms with Gasteiger partial charge in [-0.15, -0.1) is 0 Å². The number of imide groups is 1. The van der Waals surface area contributed by atoms with Gasteiger partial charge in [0, 0.05) is 29.5 Å². The average molecular weight is 395 g/mol. The maximum Gasteiger partial charge on any atom is 0.290 e. The van der Waals surface area contributed by atoms with Gasteiger partial charge in [0.15, 0.2) is 5.58 Å². The van der Waals surface area contributed by atoms with E-state index in [1.807, 2.05) is 0 Å². The van der Waals surface area contributed by atoms with Crippen LogP contribution >= 0.6 is 11.8 Å². The molecule has 9 heteroatoms. The maximum atomic E-state index is 12.7. The summed E-state index contributed by atoms with van der Waals surface area (Å²) < 4.78 is 10.8. The van der Waals surface area contributed by atoms with E-state index in [4.69, 9.17) is 9.15 Å². The molecule has 1 aliphatic rings. The molecule has 140 valence electrons. The van der Waals surface area contributed by atoms with Gasteiger partial charge in [-0.25, -0.2) is 0 Å². The quantitative estimate of drug-likeness (QED) is 0.651. The smallest absolute Gasteiger partial charge is 0.290 e. The van der Waals surface area contributed by atoms with Crippen LogP contribution in [0.2, 0.25) is 0 Å². The van der Waals surface area contributed by atoms with Crippen molar-refractivity contribution >= 4 is 51.5 Å². The Morgan fingerprint density at radius 3 is 2.71 bits per heavy atom. The molecule has 1 saturated heterocycles. The third-order valence-electron chi connectivity index (χ3n) is 3.95. The standard InChI is InChI=1S/C19H13N3O5S/c1-26-12-4-2-11(3-5-12)21-17(23)14-9-20-8-10-6-13(27-16(10)14)7-15-18(24)22-19(25)28-15/h2-9H,1H3,(H,21,23)(H,22,24,25). The SMILES string of the molecule is COc1ccc(NC(=O)c2cncc3cc(C=C4SC(=O)NC4=O)oc23)cc1. The van der Waals surface area contributed by atoms with E-state index in [1.165, 1.54) is 12.3 Å². The molecule has 2 N–H and O–H groups in total. The summed E-state index contributed by atoms with van der Waals surface area (Å²) in [5, 5.41) is 5.11. The first-order valence-corrected chi connectivity index (χ1v) is 8.93. The highest BCUT2D eigenvalue weighted by molar-refractivity contribution is 8.18. The second kappa shape index (κ2) is 7.20. The molecule has 1 aliphatic heterocycles. The Morgan fingerprint density at radius 1 is 1.25 bits per heavy atom. The zero-order valence-electron chi connectivity index (χ0n) is 14.5. The van der Waals surface area contributed by atoms with Crippen molar-refractivity contribution in [2.24, 2.45) is 0 Å². The van der Waals surface area contributed by atoms with Gasteiger partial charge in [-0.2, -0.15) is 0 Å². The maximum absolute atomic E-state index is 12.7. The summed E-state index contributed by atoms with van der Waals surface area (Å²) in [5.74, 6) is 0.151. The molecule has 8 nitrogen and oxygen atoms in total. The van der Waals surface area contributed by atoms with Gasteiger partial charge in [-0.3, -0.25) is 24.7 Å². The number of hydrogen-bond donors (Lipinski definition) is 2. The summed E-state index contributed by atoms with van der Waals surface area (Å²) in [6.07, 6.45) is 4.41. The molecule has 3 aromatic rings. The summed E-state index contributed by atoms with van der Waals surface area (Å²) in [7, 11) is 1.56. The lowest BCUT2D eigenvalue weighted by atomic mass is 10.2. The Labute approximate surface area is 162 Å². The van der Waals surface area contributed by atoms with Crippen molar-refractivity contribution in [1.29, 1.82) is 0 Å². The van der Waals surface area contributed by atoms with Crippen LogP contribution in [0.5, 0.6) is 5.75 Å². The summed E-state index contributed by atoms with van der Waals surface area (Å²) in [6, 6.07) is 8.55. The lowest BCUT2D eigenvalue weighted by Gasteiger charge is -2.06. The molecule has 0 spiro atoms. The van der Waals surface area contributed by atoms with E-state index in [1.54, 1.807) is 43.6 Å². The Bertz CT molecular complexity index is 1130. The molecule has 0 atom stereocenters. The van der Waals surface area contributed by atoms with E-state index in [9.17, 15) is 14.4 Å². The van der Waals surface area contributed by atoms with E-state index in [-0.39, 0.29) is 16.4 Å². The number of nitrogens with one attached hydrogen (secondary N) is 2. The summed E-state index contributed by atoms with van der Waals surface area (Å²) >= 11 is 0.790. The summed E-state index contributed by atoms with van der Waals surface area (Å²) in [6.45, 7) is 0. The molecule has 1 aromatic carbocycles. The van der Waals surface area contributed by atoms with Crippen LogP contribution in [0.3, 0.4) is 0 Å². The van der Waals surface area contributed by atoms with Gasteiger partial charge in [-0.05, 0) is 42.1 Å². The zero-order chi connectivity index (χ0) is 19.7. The number of hydrogen-bond acceptors (Lipinski definition) is 7. The first-order chi connectivity index (χ1) is 13.5. The van der Waals surface area contributed by atoms with Crippen LogP contribution in [-0.2, 0) is 4.79 Å². The average Bonchev–Trinajstić information content (AvgIpc) is 3.24. The molecule has 0 bridgehead atoms. The first kappa shape index (κ1) is 17.8. The molecule has 4 rings (SSSR count). The van der Waals surface area contributed by atoms with Gasteiger partial charge in [-0.1, -0.05) is 0 Å². The number of nitrogens with zero attached hydrogens (tertiary/aromatic N) is 1. The van der Waals surface area contributed by atoms with E-state index in [0.717, 1.165) is 11.8 Å². The van der Waals surface area contributed by atoms with Crippen LogP contribution in [-0.4, -0.2) is 29.1 Å². The van der Waals surface area contributed by atoms with Crippen molar-refractivity contribution in [3.8, 4) is 5.75 Å². The molecule has 1 fully saturated rings. The van der Waals surface area contributed by atoms with Gasteiger partial charge >= 0.3 is 0 Å². The third kappa shape index (κ3) is 3.47. The number of rotatable bonds is 4. The number of pyridine rings is 1. The number of aromatic nitrogens is 1. The molecule has 0 saturated carbocycles. The number of carbonyl (C=O) groups is 3. The van der Waals surface area contributed by atoms with Crippen LogP contribution in [0.15, 0.2) is 52.0 Å². The van der Waals surface area contributed by atoms with Crippen LogP contribution in [0, 0.1) is 0 Å². The molecular formula is C19H13N3O5S. The molecule has 0 unspecified atom stereocenters. The van der Waals surface area contributed by atoms with Crippen LogP contribution in [0.4, 0.5) is 10.5 Å². The highest BCUT2D eigenvalue weighted by Crippen LogP contribution is 2.29. The number of amides is 3. The van der Waals surface area contributed by atoms with Crippen molar-refractivity contribution in [3.05, 3.63) is 59.0 Å². The van der Waals surface area contributed by atoms with Gasteiger partial charge in [0.25, 0.3) is 17.1 Å². The fourth-order valence-electron chi connectivity index (χ4n) is 2.64. The minimum Gasteiger partial charge on any atom is -0.497 e. The molecule has 2 aromatic heterocycles. The van der Waals surface area contributed by atoms with Crippen molar-refractivity contribution < 1.29 is 23.5 Å². The number of fused-ring (bicyclic) bond motifs is 1. The number of benzene rings is 1. The highest BCUT2D eigenvalue weighted by atomic mass is 32.2. The van der Waals surface area contributed by atoms with Gasteiger partial charge in [0.2, 0.25) is 0 Å². The Morgan fingerprint density at radius 2 is 2.04 bits per heavy atom. The third-order valence-corrected chi connectivity index (χ3v) is 4.76. The van der Waals surface area contributed by atoms with E-state index in [0.29, 0.717) is 28.2 Å². The minimum atomic E-state index is -0.481. The summed E-state index contributed by atoms with van der Waals surface area (Å²) in [4.78, 5) is 39.9. The minimum absolute atomic E-state index is 0.223. The van der Waals surface area contributed by atoms with Gasteiger partial charge in [0.1, 0.15) is 17.1 Å². The predicted octanol–water partition coefficient (Wildman–Crippen LogP) is 3.41. The molecular weight excluding hydrogens is 382 g/mol. The van der Waals surface area contributed by atoms with E-state index >= 15 is 0 Å². The normalized spacial score (nSPS) is 15.1. The monoisotopic (exact) mass is 395 g/mol. The topological polar surface area (TPSA) is 111 Å². The first-order valence-electron chi connectivity index (χ1n) is 8.11. The number of carbonyl (C=O) groups excluding carboxylic acids is 3. The second-order valence-electron chi connectivity index (χ2n) is 5.79. The van der Waals surface area contributed by atoms with Crippen LogP contribution < -0.4 is 15.4 Å². The predicted molar refractivity (Wildman–Crippen MR) is 104 cm³/mol. The number of methoxy groups -OCH3 is 1. The van der Waals surface area contributed by atoms with Crippen LogP contribution in [0.25, 0.3) is 17.0 Å². The molecule has 0 radical (unpaired) electrons. The van der Waals surface area contributed by atoms with E-state index in [2.05, 4.69) is 15.6 Å². The summed E-state index contributed by atoms with van der Waals surface area (Å²) in [5.41, 5.74) is 1.18. The molecule has 0 aliphatic carbocycles. The van der Waals surface area contributed by atoms with Crippen LogP contribution in [0.1, 0.15) is 16.1 Å². The van der Waals surface area contributed by atoms with Crippen molar-refractivity contribution in [2.75, 3.05) is 12.4 Å². The number of thioether (sulfide) groups is 1. The molecule has 28 heavy (non-hydrogen) atoms. The second-order valence-corrected chi connectivity index (χ2v) is 6.80. The Hall–Kier alpha value is -3.59. The largest absolute Gasteiger partial charge is 0.497 e. The number of furan rings is 1. The number of anilines is 1. The van der Waals surface area contributed by atoms with Crippen molar-refractivity contribution in [3.63, 3.8) is 0 Å². The number of ether oxygens (including phenoxy) is 1. The molecule has 3 amide bonds. The lowest BCUT2D eigenvalue weighted by molar-refractivity contribution is -0.115. The molecule has 3 heterocycles. The van der Waals surface area contributed by atoms with Gasteiger partial charge < -0.3 is 14.5 Å².